The van der Waals surface area contributed by atoms with Gasteiger partial charge in [0.1, 0.15) is 5.75 Å². The number of fused-ring (bicyclic) bond motifs is 1. The zero-order chi connectivity index (χ0) is 14.5. The third-order valence-electron chi connectivity index (χ3n) is 4.59. The van der Waals surface area contributed by atoms with Gasteiger partial charge in [0.05, 0.1) is 7.11 Å². The van der Waals surface area contributed by atoms with Gasteiger partial charge in [-0.1, -0.05) is 6.07 Å². The van der Waals surface area contributed by atoms with E-state index in [1.165, 1.54) is 36.8 Å². The van der Waals surface area contributed by atoms with Crippen molar-refractivity contribution in [2.75, 3.05) is 26.9 Å². The highest BCUT2D eigenvalue weighted by molar-refractivity contribution is 5.37. The van der Waals surface area contributed by atoms with Crippen molar-refractivity contribution in [3.05, 3.63) is 29.3 Å². The molecule has 0 radical (unpaired) electrons. The molecule has 3 heteroatoms. The van der Waals surface area contributed by atoms with Gasteiger partial charge in [0.2, 0.25) is 0 Å². The topological polar surface area (TPSA) is 30.5 Å². The molecule has 0 aliphatic heterocycles. The van der Waals surface area contributed by atoms with Gasteiger partial charge >= 0.3 is 0 Å². The van der Waals surface area contributed by atoms with E-state index < -0.39 is 0 Å². The molecule has 116 valence electrons. The van der Waals surface area contributed by atoms with Crippen LogP contribution in [0, 0.1) is 5.92 Å². The Labute approximate surface area is 128 Å². The lowest BCUT2D eigenvalue weighted by Crippen LogP contribution is -2.35. The second-order valence-corrected chi connectivity index (χ2v) is 6.40. The Balaban J connectivity index is 1.36. The summed E-state index contributed by atoms with van der Waals surface area (Å²) in [5.41, 5.74) is 2.93. The normalized spacial score (nSPS) is 21.1. The summed E-state index contributed by atoms with van der Waals surface area (Å²) < 4.78 is 11.0. The van der Waals surface area contributed by atoms with E-state index in [0.717, 1.165) is 44.3 Å². The van der Waals surface area contributed by atoms with Crippen molar-refractivity contribution in [3.63, 3.8) is 0 Å². The molecule has 1 aromatic carbocycles. The standard InChI is InChI=1S/C18H27NO2/c1-20-18-8-6-15-5-7-17(11-16(15)12-18)19-9-2-10-21-13-14-3-4-14/h6,8,12,14,17,19H,2-5,7,9-11,13H2,1H3. The van der Waals surface area contributed by atoms with Crippen LogP contribution in [-0.4, -0.2) is 32.9 Å². The summed E-state index contributed by atoms with van der Waals surface area (Å²) >= 11 is 0. The van der Waals surface area contributed by atoms with Crippen LogP contribution in [-0.2, 0) is 17.6 Å². The van der Waals surface area contributed by atoms with E-state index in [-0.39, 0.29) is 0 Å². The van der Waals surface area contributed by atoms with E-state index >= 15 is 0 Å². The fraction of sp³-hybridized carbons (Fsp3) is 0.667. The number of aryl methyl sites for hydroxylation is 1. The number of ether oxygens (including phenoxy) is 2. The summed E-state index contributed by atoms with van der Waals surface area (Å²) in [6.45, 7) is 2.95. The van der Waals surface area contributed by atoms with Gasteiger partial charge in [-0.2, -0.15) is 0 Å². The molecule has 0 bridgehead atoms. The first kappa shape index (κ1) is 14.9. The van der Waals surface area contributed by atoms with Crippen molar-refractivity contribution in [1.82, 2.24) is 5.32 Å². The van der Waals surface area contributed by atoms with E-state index in [9.17, 15) is 0 Å². The molecular formula is C18H27NO2. The molecule has 0 amide bonds. The molecule has 1 unspecified atom stereocenters. The van der Waals surface area contributed by atoms with Crippen LogP contribution in [0.5, 0.6) is 5.75 Å². The molecule has 1 N–H and O–H groups in total. The molecular weight excluding hydrogens is 262 g/mol. The predicted octanol–water partition coefficient (Wildman–Crippen LogP) is 2.96. The van der Waals surface area contributed by atoms with E-state index in [1.807, 2.05) is 0 Å². The molecule has 0 spiro atoms. The van der Waals surface area contributed by atoms with Crippen LogP contribution >= 0.6 is 0 Å². The highest BCUT2D eigenvalue weighted by atomic mass is 16.5. The Kier molecular flexibility index (Phi) is 5.15. The lowest BCUT2D eigenvalue weighted by molar-refractivity contribution is 0.121. The zero-order valence-electron chi connectivity index (χ0n) is 13.1. The maximum absolute atomic E-state index is 5.68. The number of hydrogen-bond donors (Lipinski definition) is 1. The Bertz CT molecular complexity index is 457. The van der Waals surface area contributed by atoms with Gasteiger partial charge in [0, 0.05) is 19.3 Å². The summed E-state index contributed by atoms with van der Waals surface area (Å²) in [5.74, 6) is 1.85. The summed E-state index contributed by atoms with van der Waals surface area (Å²) in [6, 6.07) is 7.09. The van der Waals surface area contributed by atoms with Crippen molar-refractivity contribution in [1.29, 1.82) is 0 Å². The molecule has 3 rings (SSSR count). The average molecular weight is 289 g/mol. The molecule has 2 aliphatic carbocycles. The summed E-state index contributed by atoms with van der Waals surface area (Å²) in [4.78, 5) is 0. The molecule has 1 aromatic rings. The van der Waals surface area contributed by atoms with Crippen molar-refractivity contribution in [2.45, 2.75) is 44.6 Å². The highest BCUT2D eigenvalue weighted by Crippen LogP contribution is 2.28. The van der Waals surface area contributed by atoms with E-state index in [0.29, 0.717) is 6.04 Å². The maximum atomic E-state index is 5.68. The predicted molar refractivity (Wildman–Crippen MR) is 85.0 cm³/mol. The van der Waals surface area contributed by atoms with E-state index in [1.54, 1.807) is 7.11 Å². The number of methoxy groups -OCH3 is 1. The number of hydrogen-bond acceptors (Lipinski definition) is 3. The van der Waals surface area contributed by atoms with Crippen molar-refractivity contribution >= 4 is 0 Å². The molecule has 3 nitrogen and oxygen atoms in total. The van der Waals surface area contributed by atoms with Crippen LogP contribution in [0.15, 0.2) is 18.2 Å². The monoisotopic (exact) mass is 289 g/mol. The minimum Gasteiger partial charge on any atom is -0.497 e. The number of benzene rings is 1. The second-order valence-electron chi connectivity index (χ2n) is 6.40. The minimum absolute atomic E-state index is 0.605. The smallest absolute Gasteiger partial charge is 0.119 e. The summed E-state index contributed by atoms with van der Waals surface area (Å²) in [5, 5.41) is 3.68. The Morgan fingerprint density at radius 3 is 2.90 bits per heavy atom. The van der Waals surface area contributed by atoms with Gasteiger partial charge in [-0.25, -0.2) is 0 Å². The molecule has 1 atom stereocenters. The largest absolute Gasteiger partial charge is 0.497 e. The van der Waals surface area contributed by atoms with Crippen molar-refractivity contribution in [2.24, 2.45) is 5.92 Å². The quantitative estimate of drug-likeness (QED) is 0.746. The lowest BCUT2D eigenvalue weighted by atomic mass is 9.88. The van der Waals surface area contributed by atoms with Crippen LogP contribution in [0.2, 0.25) is 0 Å². The van der Waals surface area contributed by atoms with E-state index in [2.05, 4.69) is 23.5 Å². The van der Waals surface area contributed by atoms with Crippen molar-refractivity contribution < 1.29 is 9.47 Å². The molecule has 21 heavy (non-hydrogen) atoms. The molecule has 0 aromatic heterocycles. The van der Waals surface area contributed by atoms with Crippen LogP contribution in [0.4, 0.5) is 0 Å². The van der Waals surface area contributed by atoms with E-state index in [4.69, 9.17) is 9.47 Å². The second kappa shape index (κ2) is 7.28. The summed E-state index contributed by atoms with van der Waals surface area (Å²) in [6.07, 6.45) is 7.41. The number of nitrogens with one attached hydrogen (secondary N) is 1. The van der Waals surface area contributed by atoms with Gasteiger partial charge < -0.3 is 14.8 Å². The van der Waals surface area contributed by atoms with Crippen LogP contribution in [0.3, 0.4) is 0 Å². The van der Waals surface area contributed by atoms with Crippen LogP contribution < -0.4 is 10.1 Å². The minimum atomic E-state index is 0.605. The third kappa shape index (κ3) is 4.45. The molecule has 0 saturated heterocycles. The average Bonchev–Trinajstić information content (AvgIpc) is 3.34. The molecule has 2 aliphatic rings. The van der Waals surface area contributed by atoms with Crippen LogP contribution in [0.1, 0.15) is 36.8 Å². The third-order valence-corrected chi connectivity index (χ3v) is 4.59. The first-order valence-electron chi connectivity index (χ1n) is 8.32. The van der Waals surface area contributed by atoms with Crippen LogP contribution in [0.25, 0.3) is 0 Å². The summed E-state index contributed by atoms with van der Waals surface area (Å²) in [7, 11) is 1.74. The van der Waals surface area contributed by atoms with Gasteiger partial charge in [-0.15, -0.1) is 0 Å². The Morgan fingerprint density at radius 1 is 1.19 bits per heavy atom. The Morgan fingerprint density at radius 2 is 2.10 bits per heavy atom. The highest BCUT2D eigenvalue weighted by Gasteiger charge is 2.21. The Hall–Kier alpha value is -1.06. The molecule has 1 fully saturated rings. The lowest BCUT2D eigenvalue weighted by Gasteiger charge is -2.26. The van der Waals surface area contributed by atoms with Crippen molar-refractivity contribution in [3.8, 4) is 5.75 Å². The first-order chi connectivity index (χ1) is 10.3. The molecule has 0 heterocycles. The van der Waals surface area contributed by atoms with Gasteiger partial charge in [-0.05, 0) is 74.2 Å². The number of rotatable bonds is 8. The first-order valence-corrected chi connectivity index (χ1v) is 8.32. The van der Waals surface area contributed by atoms with Gasteiger partial charge in [0.15, 0.2) is 0 Å². The van der Waals surface area contributed by atoms with Gasteiger partial charge in [-0.3, -0.25) is 0 Å². The molecule has 1 saturated carbocycles. The SMILES string of the molecule is COc1ccc2c(c1)CC(NCCCOCC1CC1)CC2. The fourth-order valence-corrected chi connectivity index (χ4v) is 3.05. The van der Waals surface area contributed by atoms with Gasteiger partial charge in [0.25, 0.3) is 0 Å². The maximum Gasteiger partial charge on any atom is 0.119 e. The zero-order valence-corrected chi connectivity index (χ0v) is 13.1. The fourth-order valence-electron chi connectivity index (χ4n) is 3.05.